The Morgan fingerprint density at radius 1 is 1.22 bits per heavy atom. The third-order valence-corrected chi connectivity index (χ3v) is 5.36. The van der Waals surface area contributed by atoms with E-state index in [0.29, 0.717) is 27.2 Å². The van der Waals surface area contributed by atoms with E-state index in [1.54, 1.807) is 19.2 Å². The van der Waals surface area contributed by atoms with Gasteiger partial charge in [-0.3, -0.25) is 9.59 Å². The van der Waals surface area contributed by atoms with Gasteiger partial charge in [0, 0.05) is 40.7 Å². The molecule has 0 radical (unpaired) electrons. The lowest BCUT2D eigenvalue weighted by molar-refractivity contribution is -0.122. The second kappa shape index (κ2) is 8.43. The molecule has 27 heavy (non-hydrogen) atoms. The van der Waals surface area contributed by atoms with Gasteiger partial charge in [0.25, 0.3) is 5.91 Å². The summed E-state index contributed by atoms with van der Waals surface area (Å²) in [5, 5.41) is 5.57. The first kappa shape index (κ1) is 19.2. The predicted octanol–water partition coefficient (Wildman–Crippen LogP) is 3.56. The molecule has 2 amide bonds. The van der Waals surface area contributed by atoms with E-state index in [9.17, 15) is 9.59 Å². The second-order valence-corrected chi connectivity index (χ2v) is 7.19. The van der Waals surface area contributed by atoms with Gasteiger partial charge < -0.3 is 20.1 Å². The maximum Gasteiger partial charge on any atom is 0.253 e. The standard InChI is InChI=1S/C20H21BrN2O4/c1-26-17-9-15(21)16(10-18(17)27-2)23-20(25)14-11-22-19(24)8-13(14)12-6-4-3-5-7-12/h3-6,9-13H,7-8H2,1-2H3,(H,22,24)(H,23,25)/t12?,13-/m1/s1. The molecule has 0 saturated heterocycles. The average molecular weight is 433 g/mol. The van der Waals surface area contributed by atoms with Crippen LogP contribution in [0.1, 0.15) is 12.8 Å². The second-order valence-electron chi connectivity index (χ2n) is 6.33. The molecular weight excluding hydrogens is 412 g/mol. The van der Waals surface area contributed by atoms with Crippen LogP contribution in [0.15, 0.2) is 52.7 Å². The Labute approximate surface area is 166 Å². The van der Waals surface area contributed by atoms with Crippen molar-refractivity contribution in [1.82, 2.24) is 5.32 Å². The maximum atomic E-state index is 13.0. The molecule has 3 rings (SSSR count). The smallest absolute Gasteiger partial charge is 0.253 e. The highest BCUT2D eigenvalue weighted by Crippen LogP contribution is 2.37. The lowest BCUT2D eigenvalue weighted by atomic mass is 9.78. The van der Waals surface area contributed by atoms with Gasteiger partial charge in [0.05, 0.1) is 19.9 Å². The molecule has 1 aromatic rings. The van der Waals surface area contributed by atoms with Gasteiger partial charge in [0.1, 0.15) is 0 Å². The first-order valence-corrected chi connectivity index (χ1v) is 9.38. The molecule has 1 heterocycles. The largest absolute Gasteiger partial charge is 0.493 e. The summed E-state index contributed by atoms with van der Waals surface area (Å²) in [6, 6.07) is 3.43. The SMILES string of the molecule is COc1cc(Br)c(NC(=O)C2=CNC(=O)C[C@@H]2C2C=CC=CC2)cc1OC. The number of allylic oxidation sites excluding steroid dienone is 4. The average Bonchev–Trinajstić information content (AvgIpc) is 2.69. The number of ether oxygens (including phenoxy) is 2. The van der Waals surface area contributed by atoms with Crippen molar-refractivity contribution in [3.05, 3.63) is 52.7 Å². The monoisotopic (exact) mass is 432 g/mol. The molecule has 6 nitrogen and oxygen atoms in total. The Hall–Kier alpha value is -2.54. The molecule has 0 saturated carbocycles. The van der Waals surface area contributed by atoms with Crippen LogP contribution < -0.4 is 20.1 Å². The van der Waals surface area contributed by atoms with E-state index < -0.39 is 0 Å². The summed E-state index contributed by atoms with van der Waals surface area (Å²) in [6.45, 7) is 0. The Kier molecular flexibility index (Phi) is 6.01. The number of hydrogen-bond donors (Lipinski definition) is 2. The number of carbonyl (C=O) groups is 2. The van der Waals surface area contributed by atoms with E-state index in [-0.39, 0.29) is 30.1 Å². The van der Waals surface area contributed by atoms with Gasteiger partial charge in [-0.2, -0.15) is 0 Å². The van der Waals surface area contributed by atoms with Gasteiger partial charge >= 0.3 is 0 Å². The minimum Gasteiger partial charge on any atom is -0.493 e. The van der Waals surface area contributed by atoms with Crippen molar-refractivity contribution in [2.24, 2.45) is 11.8 Å². The van der Waals surface area contributed by atoms with Crippen molar-refractivity contribution in [1.29, 1.82) is 0 Å². The fraction of sp³-hybridized carbons (Fsp3) is 0.300. The summed E-state index contributed by atoms with van der Waals surface area (Å²) in [6.07, 6.45) is 10.7. The Morgan fingerprint density at radius 2 is 1.96 bits per heavy atom. The number of amides is 2. The molecule has 1 unspecified atom stereocenters. The summed E-state index contributed by atoms with van der Waals surface area (Å²) < 4.78 is 11.2. The summed E-state index contributed by atoms with van der Waals surface area (Å²) in [5.74, 6) is 0.691. The third-order valence-electron chi connectivity index (χ3n) is 4.71. The summed E-state index contributed by atoms with van der Waals surface area (Å²) >= 11 is 3.45. The highest BCUT2D eigenvalue weighted by Gasteiger charge is 2.32. The molecule has 2 aliphatic rings. The van der Waals surface area contributed by atoms with Crippen LogP contribution in [0.4, 0.5) is 5.69 Å². The summed E-state index contributed by atoms with van der Waals surface area (Å²) in [7, 11) is 3.09. The van der Waals surface area contributed by atoms with Gasteiger partial charge in [0.15, 0.2) is 11.5 Å². The molecule has 0 fully saturated rings. The van der Waals surface area contributed by atoms with Crippen molar-refractivity contribution in [2.45, 2.75) is 12.8 Å². The Balaban J connectivity index is 1.84. The number of nitrogens with one attached hydrogen (secondary N) is 2. The van der Waals surface area contributed by atoms with Crippen LogP contribution in [0.2, 0.25) is 0 Å². The molecular formula is C20H21BrN2O4. The van der Waals surface area contributed by atoms with Crippen molar-refractivity contribution in [2.75, 3.05) is 19.5 Å². The number of methoxy groups -OCH3 is 2. The molecule has 1 aliphatic carbocycles. The molecule has 142 valence electrons. The predicted molar refractivity (Wildman–Crippen MR) is 107 cm³/mol. The Bertz CT molecular complexity index is 845. The lowest BCUT2D eigenvalue weighted by Gasteiger charge is -2.29. The number of halogens is 1. The van der Waals surface area contributed by atoms with Crippen molar-refractivity contribution < 1.29 is 19.1 Å². The molecule has 2 atom stereocenters. The summed E-state index contributed by atoms with van der Waals surface area (Å²) in [5.41, 5.74) is 1.12. The van der Waals surface area contributed by atoms with Gasteiger partial charge in [-0.05, 0) is 28.3 Å². The number of hydrogen-bond acceptors (Lipinski definition) is 4. The number of benzene rings is 1. The zero-order chi connectivity index (χ0) is 19.4. The van der Waals surface area contributed by atoms with E-state index in [2.05, 4.69) is 38.7 Å². The van der Waals surface area contributed by atoms with E-state index in [4.69, 9.17) is 9.47 Å². The number of anilines is 1. The summed E-state index contributed by atoms with van der Waals surface area (Å²) in [4.78, 5) is 24.9. The van der Waals surface area contributed by atoms with Gasteiger partial charge in [-0.15, -0.1) is 0 Å². The maximum absolute atomic E-state index is 13.0. The van der Waals surface area contributed by atoms with E-state index in [1.807, 2.05) is 12.2 Å². The quantitative estimate of drug-likeness (QED) is 0.745. The van der Waals surface area contributed by atoms with E-state index in [1.165, 1.54) is 13.3 Å². The topological polar surface area (TPSA) is 76.7 Å². The zero-order valence-corrected chi connectivity index (χ0v) is 16.7. The molecule has 0 bridgehead atoms. The van der Waals surface area contributed by atoms with Crippen LogP contribution in [0, 0.1) is 11.8 Å². The third kappa shape index (κ3) is 4.24. The zero-order valence-electron chi connectivity index (χ0n) is 15.1. The highest BCUT2D eigenvalue weighted by molar-refractivity contribution is 9.10. The number of rotatable bonds is 5. The van der Waals surface area contributed by atoms with E-state index in [0.717, 1.165) is 6.42 Å². The van der Waals surface area contributed by atoms with Crippen LogP contribution in [0.25, 0.3) is 0 Å². The molecule has 0 aromatic heterocycles. The molecule has 0 spiro atoms. The van der Waals surface area contributed by atoms with Crippen LogP contribution in [-0.2, 0) is 9.59 Å². The van der Waals surface area contributed by atoms with Crippen LogP contribution in [0.5, 0.6) is 11.5 Å². The fourth-order valence-corrected chi connectivity index (χ4v) is 3.71. The minimum atomic E-state index is -0.254. The highest BCUT2D eigenvalue weighted by atomic mass is 79.9. The van der Waals surface area contributed by atoms with Crippen molar-refractivity contribution in [3.8, 4) is 11.5 Å². The minimum absolute atomic E-state index is 0.0770. The van der Waals surface area contributed by atoms with Gasteiger partial charge in [-0.1, -0.05) is 24.3 Å². The molecule has 1 aromatic carbocycles. The first-order valence-electron chi connectivity index (χ1n) is 8.59. The molecule has 2 N–H and O–H groups in total. The lowest BCUT2D eigenvalue weighted by Crippen LogP contribution is -2.36. The van der Waals surface area contributed by atoms with Crippen LogP contribution in [0.3, 0.4) is 0 Å². The van der Waals surface area contributed by atoms with Crippen LogP contribution >= 0.6 is 15.9 Å². The normalized spacial score (nSPS) is 21.3. The Morgan fingerprint density at radius 3 is 2.63 bits per heavy atom. The fourth-order valence-electron chi connectivity index (χ4n) is 3.29. The van der Waals surface area contributed by atoms with E-state index >= 15 is 0 Å². The van der Waals surface area contributed by atoms with Crippen LogP contribution in [-0.4, -0.2) is 26.0 Å². The van der Waals surface area contributed by atoms with Crippen molar-refractivity contribution >= 4 is 33.4 Å². The first-order chi connectivity index (χ1) is 13.0. The molecule has 7 heteroatoms. The number of carbonyl (C=O) groups excluding carboxylic acids is 2. The molecule has 1 aliphatic heterocycles. The van der Waals surface area contributed by atoms with Gasteiger partial charge in [-0.25, -0.2) is 0 Å². The van der Waals surface area contributed by atoms with Gasteiger partial charge in [0.2, 0.25) is 5.91 Å². The van der Waals surface area contributed by atoms with Crippen molar-refractivity contribution in [3.63, 3.8) is 0 Å².